The second kappa shape index (κ2) is 7.05. The minimum atomic E-state index is -0.644. The number of hydrogen-bond acceptors (Lipinski definition) is 3. The Morgan fingerprint density at radius 1 is 1.60 bits per heavy atom. The number of unbranched alkanes of at least 4 members (excludes halogenated alkanes) is 2. The summed E-state index contributed by atoms with van der Waals surface area (Å²) in [6.07, 6.45) is 5.67. The highest BCUT2D eigenvalue weighted by Crippen LogP contribution is 2.00. The minimum Gasteiger partial charge on any atom is -0.350 e. The molecule has 0 bridgehead atoms. The molecule has 7 heteroatoms. The van der Waals surface area contributed by atoms with Crippen molar-refractivity contribution in [2.75, 3.05) is 5.43 Å². The Balaban J connectivity index is 0.00000196. The predicted molar refractivity (Wildman–Crippen MR) is 59.4 cm³/mol. The topological polar surface area (TPSA) is 85.8 Å². The van der Waals surface area contributed by atoms with E-state index in [0.29, 0.717) is 0 Å². The average molecular weight is 234 g/mol. The summed E-state index contributed by atoms with van der Waals surface area (Å²) in [7, 11) is 0. The molecule has 0 aliphatic heterocycles. The number of halogens is 1. The van der Waals surface area contributed by atoms with Crippen LogP contribution in [0.4, 0.5) is 4.79 Å². The summed E-state index contributed by atoms with van der Waals surface area (Å²) in [6, 6.07) is -0.644. The molecular weight excluding hydrogens is 218 g/mol. The third-order valence-corrected chi connectivity index (χ3v) is 1.77. The van der Waals surface area contributed by atoms with Crippen LogP contribution in [-0.4, -0.2) is 20.9 Å². The Bertz CT molecular complexity index is 301. The van der Waals surface area contributed by atoms with Crippen molar-refractivity contribution in [2.24, 2.45) is 5.73 Å². The lowest BCUT2D eigenvalue weighted by atomic mass is 10.2. The molecule has 0 aliphatic carbocycles. The Kier molecular flexibility index (Phi) is 6.44. The van der Waals surface area contributed by atoms with Crippen LogP contribution in [-0.2, 0) is 6.42 Å². The molecule has 0 aliphatic rings. The van der Waals surface area contributed by atoms with Crippen molar-refractivity contribution in [1.29, 1.82) is 0 Å². The molecule has 0 saturated carbocycles. The largest absolute Gasteiger partial charge is 0.350 e. The van der Waals surface area contributed by atoms with Crippen molar-refractivity contribution >= 4 is 18.4 Å². The van der Waals surface area contributed by atoms with Crippen LogP contribution >= 0.6 is 12.4 Å². The van der Waals surface area contributed by atoms with Gasteiger partial charge in [0.15, 0.2) is 5.82 Å². The number of nitrogens with one attached hydrogen (secondary N) is 1. The van der Waals surface area contributed by atoms with Crippen LogP contribution in [0.1, 0.15) is 32.0 Å². The molecular formula is C8H16ClN5O. The van der Waals surface area contributed by atoms with Gasteiger partial charge in [-0.3, -0.25) is 0 Å². The van der Waals surface area contributed by atoms with Gasteiger partial charge in [-0.25, -0.2) is 15.2 Å². The summed E-state index contributed by atoms with van der Waals surface area (Å²) in [5.74, 6) is 0.729. The maximum atomic E-state index is 10.5. The van der Waals surface area contributed by atoms with Crippen LogP contribution in [0.25, 0.3) is 0 Å². The first-order valence-electron chi connectivity index (χ1n) is 4.69. The standard InChI is InChI=1S/C8H15N5O.ClH/c1-2-3-4-5-7-10-6-13(11-7)12-8(9)14;/h6H,2-5H2,1H3,(H3,9,12,14);1H. The molecule has 1 heterocycles. The molecule has 0 saturated heterocycles. The molecule has 0 aromatic carbocycles. The van der Waals surface area contributed by atoms with E-state index in [1.165, 1.54) is 17.5 Å². The summed E-state index contributed by atoms with van der Waals surface area (Å²) in [6.45, 7) is 2.14. The van der Waals surface area contributed by atoms with E-state index in [-0.39, 0.29) is 12.4 Å². The van der Waals surface area contributed by atoms with Gasteiger partial charge in [0.1, 0.15) is 6.33 Å². The number of rotatable bonds is 5. The molecule has 1 aromatic heterocycles. The average Bonchev–Trinajstić information content (AvgIpc) is 2.52. The van der Waals surface area contributed by atoms with Crippen molar-refractivity contribution in [3.8, 4) is 0 Å². The predicted octanol–water partition coefficient (Wildman–Crippen LogP) is 1.05. The second-order valence-corrected chi connectivity index (χ2v) is 3.04. The van der Waals surface area contributed by atoms with Gasteiger partial charge in [-0.05, 0) is 6.42 Å². The van der Waals surface area contributed by atoms with Crippen molar-refractivity contribution in [2.45, 2.75) is 32.6 Å². The lowest BCUT2D eigenvalue weighted by molar-refractivity contribution is 0.256. The van der Waals surface area contributed by atoms with Crippen molar-refractivity contribution in [3.63, 3.8) is 0 Å². The van der Waals surface area contributed by atoms with Crippen molar-refractivity contribution in [3.05, 3.63) is 12.2 Å². The van der Waals surface area contributed by atoms with Gasteiger partial charge in [-0.2, -0.15) is 4.79 Å². The van der Waals surface area contributed by atoms with Crippen LogP contribution in [0, 0.1) is 0 Å². The van der Waals surface area contributed by atoms with Gasteiger partial charge in [0.05, 0.1) is 0 Å². The van der Waals surface area contributed by atoms with E-state index in [2.05, 4.69) is 22.4 Å². The molecule has 3 N–H and O–H groups in total. The van der Waals surface area contributed by atoms with Gasteiger partial charge in [-0.1, -0.05) is 19.8 Å². The van der Waals surface area contributed by atoms with E-state index in [0.717, 1.165) is 25.1 Å². The van der Waals surface area contributed by atoms with Gasteiger partial charge >= 0.3 is 6.03 Å². The molecule has 86 valence electrons. The Morgan fingerprint density at radius 2 is 2.33 bits per heavy atom. The molecule has 2 amide bonds. The van der Waals surface area contributed by atoms with E-state index < -0.39 is 6.03 Å². The van der Waals surface area contributed by atoms with Crippen LogP contribution in [0.2, 0.25) is 0 Å². The third kappa shape index (κ3) is 5.21. The Hall–Kier alpha value is -1.30. The number of aromatic nitrogens is 3. The van der Waals surface area contributed by atoms with Crippen LogP contribution < -0.4 is 11.2 Å². The third-order valence-electron chi connectivity index (χ3n) is 1.77. The van der Waals surface area contributed by atoms with Gasteiger partial charge in [0.2, 0.25) is 0 Å². The van der Waals surface area contributed by atoms with Crippen LogP contribution in [0.15, 0.2) is 6.33 Å². The van der Waals surface area contributed by atoms with Gasteiger partial charge in [0, 0.05) is 6.42 Å². The monoisotopic (exact) mass is 233 g/mol. The Labute approximate surface area is 94.6 Å². The zero-order valence-corrected chi connectivity index (χ0v) is 9.46. The number of urea groups is 1. The molecule has 15 heavy (non-hydrogen) atoms. The fraction of sp³-hybridized carbons (Fsp3) is 0.625. The van der Waals surface area contributed by atoms with E-state index in [1.54, 1.807) is 0 Å². The lowest BCUT2D eigenvalue weighted by Crippen LogP contribution is -2.28. The highest BCUT2D eigenvalue weighted by atomic mass is 35.5. The summed E-state index contributed by atoms with van der Waals surface area (Å²) in [5.41, 5.74) is 7.21. The smallest absolute Gasteiger partial charge is 0.332 e. The SMILES string of the molecule is CCCCCc1ncn(NC(N)=O)n1.Cl. The molecule has 0 spiro atoms. The Morgan fingerprint density at radius 3 is 2.93 bits per heavy atom. The first-order chi connectivity index (χ1) is 6.72. The molecule has 0 radical (unpaired) electrons. The zero-order chi connectivity index (χ0) is 10.4. The van der Waals surface area contributed by atoms with E-state index in [9.17, 15) is 4.79 Å². The fourth-order valence-corrected chi connectivity index (χ4v) is 1.11. The summed E-state index contributed by atoms with van der Waals surface area (Å²) in [4.78, 5) is 15.7. The molecule has 0 unspecified atom stereocenters. The molecule has 1 rings (SSSR count). The maximum Gasteiger partial charge on any atom is 0.332 e. The number of carbonyl (C=O) groups excluding carboxylic acids is 1. The number of carbonyl (C=O) groups is 1. The number of nitrogens with zero attached hydrogens (tertiary/aromatic N) is 3. The van der Waals surface area contributed by atoms with Gasteiger partial charge in [-0.15, -0.1) is 17.5 Å². The number of amides is 2. The van der Waals surface area contributed by atoms with Crippen LogP contribution in [0.3, 0.4) is 0 Å². The lowest BCUT2D eigenvalue weighted by Gasteiger charge is -1.97. The summed E-state index contributed by atoms with van der Waals surface area (Å²) < 4.78 is 0. The van der Waals surface area contributed by atoms with E-state index >= 15 is 0 Å². The normalized spacial score (nSPS) is 9.40. The van der Waals surface area contributed by atoms with E-state index in [1.807, 2.05) is 0 Å². The van der Waals surface area contributed by atoms with E-state index in [4.69, 9.17) is 5.73 Å². The first kappa shape index (κ1) is 13.7. The molecule has 1 aromatic rings. The first-order valence-corrected chi connectivity index (χ1v) is 4.69. The number of nitrogens with two attached hydrogens (primary N) is 1. The fourth-order valence-electron chi connectivity index (χ4n) is 1.11. The quantitative estimate of drug-likeness (QED) is 0.746. The number of aryl methyl sites for hydroxylation is 1. The van der Waals surface area contributed by atoms with Gasteiger partial charge < -0.3 is 5.73 Å². The highest BCUT2D eigenvalue weighted by Gasteiger charge is 2.01. The minimum absolute atomic E-state index is 0. The summed E-state index contributed by atoms with van der Waals surface area (Å²) in [5, 5.41) is 4.02. The summed E-state index contributed by atoms with van der Waals surface area (Å²) >= 11 is 0. The maximum absolute atomic E-state index is 10.5. The molecule has 6 nitrogen and oxygen atoms in total. The molecule has 0 fully saturated rings. The van der Waals surface area contributed by atoms with Crippen molar-refractivity contribution < 1.29 is 4.79 Å². The second-order valence-electron chi connectivity index (χ2n) is 3.04. The van der Waals surface area contributed by atoms with Crippen LogP contribution in [0.5, 0.6) is 0 Å². The van der Waals surface area contributed by atoms with Gasteiger partial charge in [0.25, 0.3) is 0 Å². The zero-order valence-electron chi connectivity index (χ0n) is 8.64. The van der Waals surface area contributed by atoms with Crippen molar-refractivity contribution in [1.82, 2.24) is 14.9 Å². The number of hydrogen-bond donors (Lipinski definition) is 2. The molecule has 0 atom stereocenters. The highest BCUT2D eigenvalue weighted by molar-refractivity contribution is 5.85. The number of primary amides is 1.